The first-order chi connectivity index (χ1) is 12.7. The second-order valence-electron chi connectivity index (χ2n) is 7.33. The Kier molecular flexibility index (Phi) is 8.72. The molecule has 26 heavy (non-hydrogen) atoms. The zero-order chi connectivity index (χ0) is 18.8. The van der Waals surface area contributed by atoms with Gasteiger partial charge >= 0.3 is 0 Å². The van der Waals surface area contributed by atoms with Crippen LogP contribution in [-0.4, -0.2) is 25.9 Å². The third kappa shape index (κ3) is 4.92. The number of hydrogen-bond acceptors (Lipinski definition) is 2. The van der Waals surface area contributed by atoms with Crippen LogP contribution in [0.3, 0.4) is 0 Å². The van der Waals surface area contributed by atoms with Crippen molar-refractivity contribution in [3.8, 4) is 11.4 Å². The van der Waals surface area contributed by atoms with Crippen LogP contribution in [-0.2, 0) is 0 Å². The van der Waals surface area contributed by atoms with E-state index in [0.29, 0.717) is 0 Å². The second-order valence-corrected chi connectivity index (χ2v) is 18.3. The molecule has 2 aromatic heterocycles. The maximum absolute atomic E-state index is 4.87. The first-order valence-corrected chi connectivity index (χ1v) is 15.8. The van der Waals surface area contributed by atoms with Gasteiger partial charge in [0.25, 0.3) is 0 Å². The third-order valence-electron chi connectivity index (χ3n) is 5.38. The van der Waals surface area contributed by atoms with Gasteiger partial charge in [0.15, 0.2) is 0 Å². The molecule has 2 heterocycles. The molecule has 0 fully saturated rings. The van der Waals surface area contributed by atoms with Gasteiger partial charge in [0.2, 0.25) is 0 Å². The van der Waals surface area contributed by atoms with E-state index in [0.717, 1.165) is 11.4 Å². The Balaban J connectivity index is 2.43. The van der Waals surface area contributed by atoms with E-state index in [1.54, 1.807) is 5.19 Å². The van der Waals surface area contributed by atoms with Crippen LogP contribution in [0.2, 0.25) is 24.2 Å². The van der Waals surface area contributed by atoms with Crippen molar-refractivity contribution in [1.82, 2.24) is 9.97 Å². The molecule has 0 bridgehead atoms. The van der Waals surface area contributed by atoms with Gasteiger partial charge in [-0.3, -0.25) is 9.97 Å². The average Bonchev–Trinajstić information content (AvgIpc) is 2.68. The van der Waals surface area contributed by atoms with E-state index in [2.05, 4.69) is 51.0 Å². The monoisotopic (exact) mass is 383 g/mol. The fraction of sp³-hybridized carbons (Fsp3) is 0.545. The van der Waals surface area contributed by atoms with Gasteiger partial charge < -0.3 is 0 Å². The zero-order valence-electron chi connectivity index (χ0n) is 17.1. The van der Waals surface area contributed by atoms with Crippen molar-refractivity contribution < 1.29 is 0 Å². The third-order valence-corrected chi connectivity index (χ3v) is 21.0. The summed E-state index contributed by atoms with van der Waals surface area (Å²) in [6.07, 6.45) is 9.40. The highest BCUT2D eigenvalue weighted by Crippen LogP contribution is 2.29. The van der Waals surface area contributed by atoms with Crippen molar-refractivity contribution in [3.05, 3.63) is 42.7 Å². The van der Waals surface area contributed by atoms with E-state index in [9.17, 15) is 0 Å². The molecule has 4 heteroatoms. The fourth-order valence-electron chi connectivity index (χ4n) is 4.37. The summed E-state index contributed by atoms with van der Waals surface area (Å²) < 4.78 is 0. The van der Waals surface area contributed by atoms with E-state index < -0.39 is 7.59 Å². The minimum atomic E-state index is -1.45. The van der Waals surface area contributed by atoms with Crippen LogP contribution in [0.25, 0.3) is 11.4 Å². The summed E-state index contributed by atoms with van der Waals surface area (Å²) in [5.74, 6) is 0. The zero-order valence-corrected chi connectivity index (χ0v) is 19.1. The van der Waals surface area contributed by atoms with E-state index in [1.807, 2.05) is 24.4 Å². The quantitative estimate of drug-likeness (QED) is 0.444. The lowest BCUT2D eigenvalue weighted by Gasteiger charge is -2.39. The molecule has 0 spiro atoms. The standard InChI is InChI=1S/C22H35N2Si2/c1-5-15-25(16-6-2)26(17-7-3,18-8-4)20-12-13-22(24-19-20)21-11-9-10-14-23-21/h9-14,19H,5-8,15-18H2,1-4H3. The summed E-state index contributed by atoms with van der Waals surface area (Å²) in [5.41, 5.74) is 1.98. The average molecular weight is 384 g/mol. The molecule has 1 radical (unpaired) electrons. The maximum Gasteiger partial charge on any atom is 0.0886 e. The molecule has 0 N–H and O–H groups in total. The molecule has 141 valence electrons. The highest BCUT2D eigenvalue weighted by Gasteiger charge is 2.41. The molecule has 0 amide bonds. The molecule has 0 saturated heterocycles. The summed E-state index contributed by atoms with van der Waals surface area (Å²) in [5, 5.41) is 1.62. The summed E-state index contributed by atoms with van der Waals surface area (Å²) in [4.78, 5) is 9.33. The molecular weight excluding hydrogens is 348 g/mol. The summed E-state index contributed by atoms with van der Waals surface area (Å²) in [6.45, 7) is 9.51. The molecule has 0 saturated carbocycles. The Bertz CT molecular complexity index is 616. The van der Waals surface area contributed by atoms with Crippen LogP contribution >= 0.6 is 0 Å². The van der Waals surface area contributed by atoms with Gasteiger partial charge in [0, 0.05) is 20.7 Å². The lowest BCUT2D eigenvalue weighted by atomic mass is 10.2. The van der Waals surface area contributed by atoms with Crippen LogP contribution in [0.5, 0.6) is 0 Å². The topological polar surface area (TPSA) is 25.8 Å². The Hall–Kier alpha value is -1.27. The SMILES string of the molecule is CCC[Si](CCC)[Si](CCC)(CCC)c1ccc(-c2ccccn2)nc1. The molecule has 0 aliphatic carbocycles. The van der Waals surface area contributed by atoms with Gasteiger partial charge in [-0.25, -0.2) is 0 Å². The number of pyridine rings is 2. The van der Waals surface area contributed by atoms with Crippen molar-refractivity contribution in [3.63, 3.8) is 0 Å². The molecule has 0 aromatic carbocycles. The second kappa shape index (κ2) is 10.8. The number of nitrogens with zero attached hydrogens (tertiary/aromatic N) is 2. The van der Waals surface area contributed by atoms with Crippen molar-refractivity contribution >= 4 is 21.1 Å². The van der Waals surface area contributed by atoms with Crippen LogP contribution in [0.1, 0.15) is 53.4 Å². The normalized spacial score (nSPS) is 11.9. The van der Waals surface area contributed by atoms with E-state index in [-0.39, 0.29) is 8.31 Å². The minimum Gasteiger partial charge on any atom is -0.255 e. The highest BCUT2D eigenvalue weighted by atomic mass is 29.2. The summed E-state index contributed by atoms with van der Waals surface area (Å²) in [6, 6.07) is 16.5. The molecule has 2 nitrogen and oxygen atoms in total. The fourth-order valence-corrected chi connectivity index (χ4v) is 20.8. The van der Waals surface area contributed by atoms with Crippen molar-refractivity contribution in [2.24, 2.45) is 0 Å². The summed E-state index contributed by atoms with van der Waals surface area (Å²) in [7, 11) is -1.76. The Morgan fingerprint density at radius 3 is 1.88 bits per heavy atom. The predicted molar refractivity (Wildman–Crippen MR) is 119 cm³/mol. The van der Waals surface area contributed by atoms with Crippen LogP contribution in [0.4, 0.5) is 0 Å². The van der Waals surface area contributed by atoms with Gasteiger partial charge in [-0.15, -0.1) is 0 Å². The van der Waals surface area contributed by atoms with E-state index in [1.165, 1.54) is 49.9 Å². The van der Waals surface area contributed by atoms with Gasteiger partial charge in [-0.05, 0) is 23.4 Å². The van der Waals surface area contributed by atoms with E-state index >= 15 is 0 Å². The molecule has 0 aliphatic heterocycles. The largest absolute Gasteiger partial charge is 0.255 e. The lowest BCUT2D eigenvalue weighted by molar-refractivity contribution is 0.978. The van der Waals surface area contributed by atoms with Crippen molar-refractivity contribution in [2.45, 2.75) is 77.6 Å². The minimum absolute atomic E-state index is 0.315. The first kappa shape index (κ1) is 21.0. The van der Waals surface area contributed by atoms with Crippen LogP contribution in [0.15, 0.2) is 42.7 Å². The summed E-state index contributed by atoms with van der Waals surface area (Å²) >= 11 is 0. The maximum atomic E-state index is 4.87. The van der Waals surface area contributed by atoms with Crippen molar-refractivity contribution in [1.29, 1.82) is 0 Å². The Labute approximate surface area is 162 Å². The van der Waals surface area contributed by atoms with Crippen molar-refractivity contribution in [2.75, 3.05) is 0 Å². The molecule has 0 atom stereocenters. The van der Waals surface area contributed by atoms with Gasteiger partial charge in [0.1, 0.15) is 0 Å². The van der Waals surface area contributed by atoms with Crippen LogP contribution < -0.4 is 5.19 Å². The number of rotatable bonds is 11. The first-order valence-electron chi connectivity index (χ1n) is 10.4. The van der Waals surface area contributed by atoms with Gasteiger partial charge in [-0.2, -0.15) is 0 Å². The van der Waals surface area contributed by atoms with E-state index in [4.69, 9.17) is 4.98 Å². The van der Waals surface area contributed by atoms with Gasteiger partial charge in [0.05, 0.1) is 19.0 Å². The molecule has 0 unspecified atom stereocenters. The van der Waals surface area contributed by atoms with Crippen LogP contribution in [0, 0.1) is 0 Å². The molecular formula is C22H35N2Si2. The lowest BCUT2D eigenvalue weighted by Crippen LogP contribution is -2.60. The predicted octanol–water partition coefficient (Wildman–Crippen LogP) is 6.01. The molecule has 2 aromatic rings. The molecule has 2 rings (SSSR count). The molecule has 0 aliphatic rings. The number of aromatic nitrogens is 2. The Morgan fingerprint density at radius 2 is 1.42 bits per heavy atom. The smallest absolute Gasteiger partial charge is 0.0886 e. The highest BCUT2D eigenvalue weighted by molar-refractivity contribution is 7.38. The number of hydrogen-bond donors (Lipinski definition) is 0. The van der Waals surface area contributed by atoms with Gasteiger partial charge in [-0.1, -0.05) is 89.7 Å². The Morgan fingerprint density at radius 1 is 0.769 bits per heavy atom.